The summed E-state index contributed by atoms with van der Waals surface area (Å²) in [6, 6.07) is 12.4. The second kappa shape index (κ2) is 10.3. The predicted molar refractivity (Wildman–Crippen MR) is 111 cm³/mol. The van der Waals surface area contributed by atoms with Gasteiger partial charge in [-0.1, -0.05) is 18.2 Å². The van der Waals surface area contributed by atoms with Crippen molar-refractivity contribution in [1.82, 2.24) is 10.2 Å². The molecule has 3 rings (SSSR count). The van der Waals surface area contributed by atoms with Crippen molar-refractivity contribution in [3.05, 3.63) is 59.4 Å². The molecule has 0 atom stereocenters. The van der Waals surface area contributed by atoms with Crippen LogP contribution >= 0.6 is 0 Å². The third-order valence-corrected chi connectivity index (χ3v) is 5.44. The van der Waals surface area contributed by atoms with E-state index in [1.807, 2.05) is 30.3 Å². The molecule has 0 unspecified atom stereocenters. The van der Waals surface area contributed by atoms with Crippen LogP contribution in [-0.4, -0.2) is 44.7 Å². The highest BCUT2D eigenvalue weighted by Crippen LogP contribution is 2.27. The van der Waals surface area contributed by atoms with Gasteiger partial charge in [0.25, 0.3) is 0 Å². The molecule has 1 aliphatic rings. The summed E-state index contributed by atoms with van der Waals surface area (Å²) in [6.45, 7) is 3.16. The zero-order chi connectivity index (χ0) is 20.6. The molecule has 1 heterocycles. The van der Waals surface area contributed by atoms with Crippen LogP contribution in [0.25, 0.3) is 0 Å². The molecule has 0 spiro atoms. The van der Waals surface area contributed by atoms with E-state index < -0.39 is 0 Å². The van der Waals surface area contributed by atoms with Crippen molar-refractivity contribution in [2.75, 3.05) is 33.9 Å². The standard InChI is InChI=1S/C23H29FN2O3/c1-28-21-8-5-17(15-22(21)29-2)9-12-25-23(27)19-10-13-26(14-11-19)16-18-3-6-20(24)7-4-18/h3-8,15,19H,9-14,16H2,1-2H3,(H,25,27). The number of carbonyl (C=O) groups excluding carboxylic acids is 1. The summed E-state index contributed by atoms with van der Waals surface area (Å²) in [6.07, 6.45) is 2.45. The van der Waals surface area contributed by atoms with Crippen LogP contribution in [0.5, 0.6) is 11.5 Å². The molecule has 6 heteroatoms. The van der Waals surface area contributed by atoms with Gasteiger partial charge in [-0.25, -0.2) is 4.39 Å². The molecule has 5 nitrogen and oxygen atoms in total. The van der Waals surface area contributed by atoms with Crippen LogP contribution in [0.15, 0.2) is 42.5 Å². The van der Waals surface area contributed by atoms with E-state index in [-0.39, 0.29) is 17.6 Å². The van der Waals surface area contributed by atoms with E-state index in [1.165, 1.54) is 12.1 Å². The van der Waals surface area contributed by atoms with E-state index in [4.69, 9.17) is 9.47 Å². The molecule has 0 radical (unpaired) electrons. The van der Waals surface area contributed by atoms with E-state index in [0.717, 1.165) is 50.0 Å². The van der Waals surface area contributed by atoms with Gasteiger partial charge < -0.3 is 14.8 Å². The number of halogens is 1. The highest BCUT2D eigenvalue weighted by atomic mass is 19.1. The fourth-order valence-electron chi connectivity index (χ4n) is 3.71. The third kappa shape index (κ3) is 5.94. The number of nitrogens with one attached hydrogen (secondary N) is 1. The molecule has 0 saturated carbocycles. The molecule has 0 aliphatic carbocycles. The summed E-state index contributed by atoms with van der Waals surface area (Å²) in [4.78, 5) is 14.8. The number of hydrogen-bond acceptors (Lipinski definition) is 4. The monoisotopic (exact) mass is 400 g/mol. The summed E-state index contributed by atoms with van der Waals surface area (Å²) in [5.41, 5.74) is 2.20. The van der Waals surface area contributed by atoms with Crippen molar-refractivity contribution in [1.29, 1.82) is 0 Å². The number of likely N-dealkylation sites (tertiary alicyclic amines) is 1. The lowest BCUT2D eigenvalue weighted by molar-refractivity contribution is -0.126. The Kier molecular flexibility index (Phi) is 7.47. The number of amides is 1. The van der Waals surface area contributed by atoms with Crippen molar-refractivity contribution in [2.24, 2.45) is 5.92 Å². The Bertz CT molecular complexity index is 802. The number of piperidine rings is 1. The molecular weight excluding hydrogens is 371 g/mol. The second-order valence-corrected chi connectivity index (χ2v) is 7.41. The summed E-state index contributed by atoms with van der Waals surface area (Å²) >= 11 is 0. The van der Waals surface area contributed by atoms with Gasteiger partial charge in [0, 0.05) is 19.0 Å². The Morgan fingerprint density at radius 2 is 1.69 bits per heavy atom. The van der Waals surface area contributed by atoms with Crippen molar-refractivity contribution >= 4 is 5.91 Å². The highest BCUT2D eigenvalue weighted by molar-refractivity contribution is 5.78. The summed E-state index contributed by atoms with van der Waals surface area (Å²) in [5, 5.41) is 3.07. The van der Waals surface area contributed by atoms with Crippen molar-refractivity contribution in [3.8, 4) is 11.5 Å². The first-order valence-electron chi connectivity index (χ1n) is 10.0. The molecule has 2 aromatic carbocycles. The minimum absolute atomic E-state index is 0.0601. The maximum atomic E-state index is 13.0. The number of hydrogen-bond donors (Lipinski definition) is 1. The maximum Gasteiger partial charge on any atom is 0.223 e. The van der Waals surface area contributed by atoms with Crippen molar-refractivity contribution < 1.29 is 18.7 Å². The topological polar surface area (TPSA) is 50.8 Å². The fourth-order valence-corrected chi connectivity index (χ4v) is 3.71. The first kappa shape index (κ1) is 21.1. The zero-order valence-corrected chi connectivity index (χ0v) is 17.1. The third-order valence-electron chi connectivity index (χ3n) is 5.44. The van der Waals surface area contributed by atoms with Gasteiger partial charge in [0.05, 0.1) is 14.2 Å². The zero-order valence-electron chi connectivity index (χ0n) is 17.1. The van der Waals surface area contributed by atoms with Crippen LogP contribution in [0.3, 0.4) is 0 Å². The molecule has 1 amide bonds. The smallest absolute Gasteiger partial charge is 0.223 e. The maximum absolute atomic E-state index is 13.0. The fraction of sp³-hybridized carbons (Fsp3) is 0.435. The van der Waals surface area contributed by atoms with E-state index in [2.05, 4.69) is 10.2 Å². The van der Waals surface area contributed by atoms with E-state index in [9.17, 15) is 9.18 Å². The van der Waals surface area contributed by atoms with Crippen LogP contribution in [0.4, 0.5) is 4.39 Å². The van der Waals surface area contributed by atoms with Crippen LogP contribution in [0, 0.1) is 11.7 Å². The Morgan fingerprint density at radius 1 is 1.03 bits per heavy atom. The molecule has 1 saturated heterocycles. The largest absolute Gasteiger partial charge is 0.493 e. The van der Waals surface area contributed by atoms with Crippen LogP contribution in [0.1, 0.15) is 24.0 Å². The highest BCUT2D eigenvalue weighted by Gasteiger charge is 2.24. The summed E-state index contributed by atoms with van der Waals surface area (Å²) < 4.78 is 23.6. The SMILES string of the molecule is COc1ccc(CCNC(=O)C2CCN(Cc3ccc(F)cc3)CC2)cc1OC. The van der Waals surface area contributed by atoms with Crippen LogP contribution in [0.2, 0.25) is 0 Å². The number of rotatable bonds is 8. The number of carbonyl (C=O) groups is 1. The Labute approximate surface area is 171 Å². The number of ether oxygens (including phenoxy) is 2. The lowest BCUT2D eigenvalue weighted by Gasteiger charge is -2.31. The molecule has 0 bridgehead atoms. The Morgan fingerprint density at radius 3 is 2.34 bits per heavy atom. The Hall–Kier alpha value is -2.60. The van der Waals surface area contributed by atoms with Gasteiger partial charge in [0.2, 0.25) is 5.91 Å². The minimum atomic E-state index is -0.211. The molecule has 0 aromatic heterocycles. The van der Waals surface area contributed by atoms with Gasteiger partial charge in [-0.2, -0.15) is 0 Å². The van der Waals surface area contributed by atoms with Crippen LogP contribution < -0.4 is 14.8 Å². The molecule has 1 aliphatic heterocycles. The van der Waals surface area contributed by atoms with Gasteiger partial charge in [0.1, 0.15) is 5.82 Å². The van der Waals surface area contributed by atoms with Gasteiger partial charge in [-0.3, -0.25) is 9.69 Å². The number of methoxy groups -OCH3 is 2. The van der Waals surface area contributed by atoms with Crippen molar-refractivity contribution in [3.63, 3.8) is 0 Å². The summed E-state index contributed by atoms with van der Waals surface area (Å²) in [5.74, 6) is 1.38. The van der Waals surface area contributed by atoms with Gasteiger partial charge in [-0.15, -0.1) is 0 Å². The number of nitrogens with zero attached hydrogens (tertiary/aromatic N) is 1. The average molecular weight is 400 g/mol. The van der Waals surface area contributed by atoms with Gasteiger partial charge in [-0.05, 0) is 67.7 Å². The first-order chi connectivity index (χ1) is 14.1. The van der Waals surface area contributed by atoms with Crippen LogP contribution in [-0.2, 0) is 17.8 Å². The first-order valence-corrected chi connectivity index (χ1v) is 10.0. The normalized spacial score (nSPS) is 15.1. The molecule has 1 N–H and O–H groups in total. The van der Waals surface area contributed by atoms with E-state index in [1.54, 1.807) is 14.2 Å². The lowest BCUT2D eigenvalue weighted by atomic mass is 9.95. The minimum Gasteiger partial charge on any atom is -0.493 e. The van der Waals surface area contributed by atoms with Gasteiger partial charge in [0.15, 0.2) is 11.5 Å². The molecule has 1 fully saturated rings. The average Bonchev–Trinajstić information content (AvgIpc) is 2.75. The second-order valence-electron chi connectivity index (χ2n) is 7.41. The quantitative estimate of drug-likeness (QED) is 0.738. The predicted octanol–water partition coefficient (Wildman–Crippen LogP) is 3.41. The van der Waals surface area contributed by atoms with E-state index in [0.29, 0.717) is 18.0 Å². The van der Waals surface area contributed by atoms with Gasteiger partial charge >= 0.3 is 0 Å². The van der Waals surface area contributed by atoms with Crippen molar-refractivity contribution in [2.45, 2.75) is 25.8 Å². The Balaban J connectivity index is 1.40. The molecular formula is C23H29FN2O3. The lowest BCUT2D eigenvalue weighted by Crippen LogP contribution is -2.40. The molecule has 29 heavy (non-hydrogen) atoms. The van der Waals surface area contributed by atoms with E-state index >= 15 is 0 Å². The molecule has 2 aromatic rings. The summed E-state index contributed by atoms with van der Waals surface area (Å²) in [7, 11) is 3.23. The molecule has 156 valence electrons. The number of benzene rings is 2.